The Labute approximate surface area is 112 Å². The molecule has 1 unspecified atom stereocenters. The highest BCUT2D eigenvalue weighted by molar-refractivity contribution is 5.42. The molecule has 2 nitrogen and oxygen atoms in total. The summed E-state index contributed by atoms with van der Waals surface area (Å²) in [5, 5.41) is 0. The molecule has 2 heteroatoms. The number of piperazine rings is 1. The number of nitrogens with zero attached hydrogens (tertiary/aromatic N) is 2. The molecule has 1 fully saturated rings. The minimum atomic E-state index is 0.134. The summed E-state index contributed by atoms with van der Waals surface area (Å²) < 4.78 is 0. The zero-order valence-electron chi connectivity index (χ0n) is 12.7. The zero-order chi connectivity index (χ0) is 13.5. The van der Waals surface area contributed by atoms with Gasteiger partial charge in [0, 0.05) is 19.6 Å². The number of benzene rings is 1. The Balaban J connectivity index is 2.52. The van der Waals surface area contributed by atoms with Crippen molar-refractivity contribution < 1.29 is 0 Å². The number of hydrogen-bond donors (Lipinski definition) is 0. The van der Waals surface area contributed by atoms with Crippen LogP contribution in [0.25, 0.3) is 0 Å². The molecule has 2 rings (SSSR count). The lowest BCUT2D eigenvalue weighted by Gasteiger charge is -2.48. The third-order valence-electron chi connectivity index (χ3n) is 4.45. The first kappa shape index (κ1) is 13.6. The zero-order valence-corrected chi connectivity index (χ0v) is 12.7. The first-order valence-electron chi connectivity index (χ1n) is 6.82. The van der Waals surface area contributed by atoms with Crippen LogP contribution in [0.4, 0.5) is 0 Å². The van der Waals surface area contributed by atoms with Gasteiger partial charge >= 0.3 is 0 Å². The van der Waals surface area contributed by atoms with Gasteiger partial charge in [0.2, 0.25) is 0 Å². The molecular formula is C16H26N2. The summed E-state index contributed by atoms with van der Waals surface area (Å²) in [6, 6.07) is 4.63. The monoisotopic (exact) mass is 246 g/mol. The molecule has 0 N–H and O–H groups in total. The molecule has 0 spiro atoms. The Kier molecular flexibility index (Phi) is 3.52. The van der Waals surface area contributed by atoms with Crippen LogP contribution < -0.4 is 0 Å². The smallest absolute Gasteiger partial charge is 0.0562 e. The SMILES string of the molecule is Cc1cc(C)c(C2(C)CN(C)CCN2C)c(C)c1. The van der Waals surface area contributed by atoms with Crippen LogP contribution in [0.3, 0.4) is 0 Å². The third-order valence-corrected chi connectivity index (χ3v) is 4.45. The quantitative estimate of drug-likeness (QED) is 0.752. The molecule has 0 amide bonds. The van der Waals surface area contributed by atoms with Crippen molar-refractivity contribution in [3.63, 3.8) is 0 Å². The summed E-state index contributed by atoms with van der Waals surface area (Å²) in [4.78, 5) is 4.95. The minimum Gasteiger partial charge on any atom is -0.303 e. The van der Waals surface area contributed by atoms with Gasteiger partial charge in [0.1, 0.15) is 0 Å². The van der Waals surface area contributed by atoms with E-state index in [0.717, 1.165) is 19.6 Å². The Morgan fingerprint density at radius 1 is 1.00 bits per heavy atom. The summed E-state index contributed by atoms with van der Waals surface area (Å²) in [6.45, 7) is 12.5. The molecule has 1 aromatic carbocycles. The van der Waals surface area contributed by atoms with Crippen molar-refractivity contribution in [1.29, 1.82) is 0 Å². The molecule has 18 heavy (non-hydrogen) atoms. The summed E-state index contributed by atoms with van der Waals surface area (Å²) in [7, 11) is 4.48. The van der Waals surface area contributed by atoms with Crippen LogP contribution >= 0.6 is 0 Å². The molecule has 0 aromatic heterocycles. The second-order valence-corrected chi connectivity index (χ2v) is 6.21. The molecule has 0 bridgehead atoms. The normalized spacial score (nSPS) is 26.6. The Hall–Kier alpha value is -0.860. The number of hydrogen-bond acceptors (Lipinski definition) is 2. The van der Waals surface area contributed by atoms with Gasteiger partial charge in [-0.3, -0.25) is 4.90 Å². The number of aryl methyl sites for hydroxylation is 3. The highest BCUT2D eigenvalue weighted by atomic mass is 15.3. The van der Waals surface area contributed by atoms with E-state index in [0.29, 0.717) is 0 Å². The summed E-state index contributed by atoms with van der Waals surface area (Å²) in [5.41, 5.74) is 5.87. The van der Waals surface area contributed by atoms with E-state index >= 15 is 0 Å². The van der Waals surface area contributed by atoms with Gasteiger partial charge in [-0.25, -0.2) is 0 Å². The van der Waals surface area contributed by atoms with E-state index in [2.05, 4.69) is 63.7 Å². The van der Waals surface area contributed by atoms with Crippen molar-refractivity contribution in [2.75, 3.05) is 33.7 Å². The van der Waals surface area contributed by atoms with Gasteiger partial charge in [0.05, 0.1) is 5.54 Å². The maximum Gasteiger partial charge on any atom is 0.0562 e. The van der Waals surface area contributed by atoms with Gasteiger partial charge in [0.15, 0.2) is 0 Å². The first-order chi connectivity index (χ1) is 8.34. The summed E-state index contributed by atoms with van der Waals surface area (Å²) in [6.07, 6.45) is 0. The van der Waals surface area contributed by atoms with Gasteiger partial charge in [0.25, 0.3) is 0 Å². The highest BCUT2D eigenvalue weighted by Crippen LogP contribution is 2.35. The van der Waals surface area contributed by atoms with E-state index in [1.54, 1.807) is 0 Å². The van der Waals surface area contributed by atoms with E-state index in [1.165, 1.54) is 22.3 Å². The maximum absolute atomic E-state index is 2.51. The summed E-state index contributed by atoms with van der Waals surface area (Å²) in [5.74, 6) is 0. The number of likely N-dealkylation sites (N-methyl/N-ethyl adjacent to an activating group) is 2. The largest absolute Gasteiger partial charge is 0.303 e. The molecule has 0 aliphatic carbocycles. The maximum atomic E-state index is 2.51. The molecule has 1 aliphatic rings. The predicted molar refractivity (Wildman–Crippen MR) is 78.1 cm³/mol. The lowest BCUT2D eigenvalue weighted by atomic mass is 9.81. The second kappa shape index (κ2) is 4.67. The lowest BCUT2D eigenvalue weighted by Crippen LogP contribution is -2.56. The van der Waals surface area contributed by atoms with Crippen LogP contribution in [0.2, 0.25) is 0 Å². The van der Waals surface area contributed by atoms with Crippen molar-refractivity contribution >= 4 is 0 Å². The van der Waals surface area contributed by atoms with Gasteiger partial charge < -0.3 is 4.90 Å². The predicted octanol–water partition coefficient (Wildman–Crippen LogP) is 2.70. The fraction of sp³-hybridized carbons (Fsp3) is 0.625. The van der Waals surface area contributed by atoms with Crippen molar-refractivity contribution in [2.24, 2.45) is 0 Å². The topological polar surface area (TPSA) is 6.48 Å². The van der Waals surface area contributed by atoms with Crippen LogP contribution in [0.1, 0.15) is 29.2 Å². The third kappa shape index (κ3) is 2.19. The average molecular weight is 246 g/mol. The molecule has 1 atom stereocenters. The molecule has 100 valence electrons. The minimum absolute atomic E-state index is 0.134. The van der Waals surface area contributed by atoms with E-state index < -0.39 is 0 Å². The van der Waals surface area contributed by atoms with E-state index in [1.807, 2.05) is 0 Å². The molecule has 1 aliphatic heterocycles. The molecule has 0 saturated carbocycles. The van der Waals surface area contributed by atoms with Crippen LogP contribution in [0, 0.1) is 20.8 Å². The Morgan fingerprint density at radius 3 is 2.11 bits per heavy atom. The van der Waals surface area contributed by atoms with E-state index in [4.69, 9.17) is 0 Å². The Bertz CT molecular complexity index is 429. The van der Waals surface area contributed by atoms with E-state index in [9.17, 15) is 0 Å². The molecule has 0 radical (unpaired) electrons. The second-order valence-electron chi connectivity index (χ2n) is 6.21. The van der Waals surface area contributed by atoms with Crippen molar-refractivity contribution in [2.45, 2.75) is 33.2 Å². The van der Waals surface area contributed by atoms with Gasteiger partial charge in [-0.05, 0) is 58.5 Å². The van der Waals surface area contributed by atoms with Gasteiger partial charge in [-0.15, -0.1) is 0 Å². The van der Waals surface area contributed by atoms with Gasteiger partial charge in [-0.1, -0.05) is 17.7 Å². The highest BCUT2D eigenvalue weighted by Gasteiger charge is 2.37. The van der Waals surface area contributed by atoms with Crippen LogP contribution in [0.5, 0.6) is 0 Å². The fourth-order valence-corrected chi connectivity index (χ4v) is 3.59. The summed E-state index contributed by atoms with van der Waals surface area (Å²) >= 11 is 0. The van der Waals surface area contributed by atoms with Crippen molar-refractivity contribution in [3.8, 4) is 0 Å². The van der Waals surface area contributed by atoms with Crippen molar-refractivity contribution in [3.05, 3.63) is 34.4 Å². The number of rotatable bonds is 1. The van der Waals surface area contributed by atoms with E-state index in [-0.39, 0.29) is 5.54 Å². The average Bonchev–Trinajstić information content (AvgIpc) is 2.22. The van der Waals surface area contributed by atoms with Crippen LogP contribution in [-0.4, -0.2) is 43.5 Å². The molecule has 1 heterocycles. The molecule has 1 aromatic rings. The molecule has 1 saturated heterocycles. The lowest BCUT2D eigenvalue weighted by molar-refractivity contribution is 0.0371. The fourth-order valence-electron chi connectivity index (χ4n) is 3.59. The standard InChI is InChI=1S/C16H26N2/c1-12-9-13(2)15(14(3)10-12)16(4)11-17(5)7-8-18(16)6/h9-10H,7-8,11H2,1-6H3. The van der Waals surface area contributed by atoms with Gasteiger partial charge in [-0.2, -0.15) is 0 Å². The first-order valence-corrected chi connectivity index (χ1v) is 6.82. The van der Waals surface area contributed by atoms with Crippen molar-refractivity contribution in [1.82, 2.24) is 9.80 Å². The van der Waals surface area contributed by atoms with Crippen LogP contribution in [0.15, 0.2) is 12.1 Å². The van der Waals surface area contributed by atoms with Crippen LogP contribution in [-0.2, 0) is 5.54 Å². The molecular weight excluding hydrogens is 220 g/mol. The Morgan fingerprint density at radius 2 is 1.56 bits per heavy atom.